The minimum Gasteiger partial charge on any atom is -0.497 e. The number of anilines is 1. The van der Waals surface area contributed by atoms with E-state index in [-0.39, 0.29) is 0 Å². The van der Waals surface area contributed by atoms with Gasteiger partial charge in [-0.05, 0) is 56.2 Å². The van der Waals surface area contributed by atoms with Gasteiger partial charge >= 0.3 is 0 Å². The quantitative estimate of drug-likeness (QED) is 0.781. The largest absolute Gasteiger partial charge is 0.497 e. The summed E-state index contributed by atoms with van der Waals surface area (Å²) in [4.78, 5) is 4.00. The molecular formula is C19H28N5OS+. The maximum Gasteiger partial charge on any atom is 0.202 e. The van der Waals surface area contributed by atoms with E-state index < -0.39 is 0 Å². The lowest BCUT2D eigenvalue weighted by atomic mass is 10.2. The third kappa shape index (κ3) is 3.50. The van der Waals surface area contributed by atoms with Crippen molar-refractivity contribution < 1.29 is 9.64 Å². The lowest BCUT2D eigenvalue weighted by Crippen LogP contribution is -3.14. The first-order valence-corrected chi connectivity index (χ1v) is 10.0. The Morgan fingerprint density at radius 1 is 1.19 bits per heavy atom. The Kier molecular flexibility index (Phi) is 5.00. The molecule has 0 radical (unpaired) electrons. The Labute approximate surface area is 160 Å². The normalized spacial score (nSPS) is 18.3. The van der Waals surface area contributed by atoms with E-state index in [9.17, 15) is 0 Å². The van der Waals surface area contributed by atoms with E-state index >= 15 is 0 Å². The maximum absolute atomic E-state index is 5.68. The van der Waals surface area contributed by atoms with Crippen LogP contribution in [0.2, 0.25) is 0 Å². The third-order valence-electron chi connectivity index (χ3n) is 5.49. The average Bonchev–Trinajstić information content (AvgIpc) is 3.48. The summed E-state index contributed by atoms with van der Waals surface area (Å²) in [5.41, 5.74) is 1.27. The van der Waals surface area contributed by atoms with Gasteiger partial charge in [0.05, 0.1) is 33.3 Å². The van der Waals surface area contributed by atoms with Crippen molar-refractivity contribution in [2.75, 3.05) is 38.2 Å². The van der Waals surface area contributed by atoms with Gasteiger partial charge in [0.2, 0.25) is 4.77 Å². The van der Waals surface area contributed by atoms with Crippen LogP contribution in [0.3, 0.4) is 0 Å². The monoisotopic (exact) mass is 374 g/mol. The minimum atomic E-state index is 0.639. The molecular weight excluding hydrogens is 346 g/mol. The Bertz CT molecular complexity index is 800. The van der Waals surface area contributed by atoms with Crippen LogP contribution in [0.1, 0.15) is 31.5 Å². The fraction of sp³-hybridized carbons (Fsp3) is 0.579. The van der Waals surface area contributed by atoms with Gasteiger partial charge in [-0.25, -0.2) is 0 Å². The van der Waals surface area contributed by atoms with E-state index in [0.717, 1.165) is 49.9 Å². The van der Waals surface area contributed by atoms with Gasteiger partial charge in [-0.15, -0.1) is 0 Å². The van der Waals surface area contributed by atoms with Crippen LogP contribution in [0.25, 0.3) is 0 Å². The Morgan fingerprint density at radius 2 is 1.88 bits per heavy atom. The highest BCUT2D eigenvalue weighted by Crippen LogP contribution is 2.39. The van der Waals surface area contributed by atoms with Gasteiger partial charge in [0, 0.05) is 18.2 Å². The molecule has 1 N–H and O–H groups in total. The van der Waals surface area contributed by atoms with Gasteiger partial charge < -0.3 is 19.1 Å². The molecule has 1 saturated carbocycles. The number of piperazine rings is 1. The summed E-state index contributed by atoms with van der Waals surface area (Å²) in [7, 11) is 1.71. The zero-order valence-corrected chi connectivity index (χ0v) is 16.5. The molecule has 26 heavy (non-hydrogen) atoms. The molecule has 0 bridgehead atoms. The summed E-state index contributed by atoms with van der Waals surface area (Å²) in [5.74, 6) is 2.75. The second-order valence-corrected chi connectivity index (χ2v) is 7.62. The topological polar surface area (TPSA) is 39.7 Å². The average molecular weight is 375 g/mol. The second kappa shape index (κ2) is 7.40. The highest BCUT2D eigenvalue weighted by Gasteiger charge is 2.30. The Hall–Kier alpha value is -1.86. The summed E-state index contributed by atoms with van der Waals surface area (Å²) < 4.78 is 10.4. The zero-order valence-electron chi connectivity index (χ0n) is 15.6. The first-order valence-electron chi connectivity index (χ1n) is 9.59. The minimum absolute atomic E-state index is 0.639. The van der Waals surface area contributed by atoms with Gasteiger partial charge in [-0.1, -0.05) is 0 Å². The van der Waals surface area contributed by atoms with Crippen molar-refractivity contribution >= 4 is 17.9 Å². The number of hydrogen-bond acceptors (Lipinski definition) is 4. The number of ether oxygens (including phenoxy) is 1. The Morgan fingerprint density at radius 3 is 2.46 bits per heavy atom. The van der Waals surface area contributed by atoms with Crippen molar-refractivity contribution in [2.24, 2.45) is 0 Å². The molecule has 4 rings (SSSR count). The lowest BCUT2D eigenvalue weighted by molar-refractivity contribution is -0.924. The first-order chi connectivity index (χ1) is 12.7. The molecule has 2 heterocycles. The van der Waals surface area contributed by atoms with Gasteiger partial charge in [-0.3, -0.25) is 0 Å². The first kappa shape index (κ1) is 17.5. The van der Waals surface area contributed by atoms with Crippen LogP contribution >= 0.6 is 12.2 Å². The van der Waals surface area contributed by atoms with E-state index in [0.29, 0.717) is 5.92 Å². The fourth-order valence-corrected chi connectivity index (χ4v) is 4.07. The molecule has 7 heteroatoms. The van der Waals surface area contributed by atoms with Crippen LogP contribution in [0.15, 0.2) is 24.3 Å². The molecule has 2 aromatic rings. The molecule has 1 saturated heterocycles. The number of hydrogen-bond donors (Lipinski definition) is 1. The number of quaternary nitrogens is 1. The van der Waals surface area contributed by atoms with Crippen LogP contribution in [-0.2, 0) is 13.2 Å². The van der Waals surface area contributed by atoms with Crippen molar-refractivity contribution in [1.29, 1.82) is 0 Å². The predicted molar refractivity (Wildman–Crippen MR) is 105 cm³/mol. The molecule has 2 aliphatic rings. The second-order valence-electron chi connectivity index (χ2n) is 7.25. The molecule has 6 nitrogen and oxygen atoms in total. The molecule has 1 aliphatic heterocycles. The number of methoxy groups -OCH3 is 1. The number of nitrogens with zero attached hydrogens (tertiary/aromatic N) is 4. The maximum atomic E-state index is 5.68. The van der Waals surface area contributed by atoms with E-state index in [1.165, 1.54) is 24.4 Å². The van der Waals surface area contributed by atoms with Crippen molar-refractivity contribution in [2.45, 2.75) is 38.9 Å². The molecule has 140 valence electrons. The van der Waals surface area contributed by atoms with Crippen molar-refractivity contribution in [3.63, 3.8) is 0 Å². The molecule has 0 amide bonds. The van der Waals surface area contributed by atoms with Gasteiger partial charge in [0.15, 0.2) is 6.67 Å². The van der Waals surface area contributed by atoms with Crippen molar-refractivity contribution in [1.82, 2.24) is 14.3 Å². The molecule has 0 atom stereocenters. The van der Waals surface area contributed by atoms with E-state index in [1.54, 1.807) is 12.0 Å². The number of rotatable bonds is 6. The summed E-state index contributed by atoms with van der Waals surface area (Å²) in [5, 5.41) is 4.86. The smallest absolute Gasteiger partial charge is 0.202 e. The van der Waals surface area contributed by atoms with Crippen LogP contribution in [0.5, 0.6) is 5.75 Å². The van der Waals surface area contributed by atoms with Gasteiger partial charge in [0.25, 0.3) is 0 Å². The van der Waals surface area contributed by atoms with E-state index in [1.807, 2.05) is 12.1 Å². The summed E-state index contributed by atoms with van der Waals surface area (Å²) in [6.45, 7) is 8.27. The number of nitrogens with one attached hydrogen (secondary N) is 1. The molecule has 1 aliphatic carbocycles. The van der Waals surface area contributed by atoms with Crippen LogP contribution in [-0.4, -0.2) is 47.6 Å². The van der Waals surface area contributed by atoms with Crippen LogP contribution in [0, 0.1) is 4.77 Å². The SMILES string of the molecule is CCn1c(C2CC2)nn(C[NH+]2CCN(c3ccc(OC)cc3)CC2)c1=S. The van der Waals surface area contributed by atoms with Crippen LogP contribution < -0.4 is 14.5 Å². The predicted octanol–water partition coefficient (Wildman–Crippen LogP) is 1.68. The molecule has 0 unspecified atom stereocenters. The Balaban J connectivity index is 1.38. The standard InChI is InChI=1S/C19H27N5OS/c1-3-23-18(15-4-5-15)20-24(19(23)26)14-21-10-12-22(13-11-21)16-6-8-17(25-2)9-7-16/h6-9,15H,3-5,10-14H2,1-2H3/p+1. The lowest BCUT2D eigenvalue weighted by Gasteiger charge is -2.33. The van der Waals surface area contributed by atoms with Gasteiger partial charge in [0.1, 0.15) is 11.6 Å². The zero-order chi connectivity index (χ0) is 18.1. The highest BCUT2D eigenvalue weighted by atomic mass is 32.1. The molecule has 2 fully saturated rings. The summed E-state index contributed by atoms with van der Waals surface area (Å²) in [6, 6.07) is 8.35. The van der Waals surface area contributed by atoms with E-state index in [2.05, 4.69) is 33.2 Å². The molecule has 1 aromatic heterocycles. The third-order valence-corrected chi connectivity index (χ3v) is 5.92. The fourth-order valence-electron chi connectivity index (χ4n) is 3.75. The van der Waals surface area contributed by atoms with Gasteiger partial charge in [-0.2, -0.15) is 9.78 Å². The number of benzene rings is 1. The molecule has 0 spiro atoms. The number of aromatic nitrogens is 3. The highest BCUT2D eigenvalue weighted by molar-refractivity contribution is 7.71. The summed E-state index contributed by atoms with van der Waals surface area (Å²) >= 11 is 5.68. The van der Waals surface area contributed by atoms with E-state index in [4.69, 9.17) is 22.1 Å². The van der Waals surface area contributed by atoms with Crippen LogP contribution in [0.4, 0.5) is 5.69 Å². The molecule has 1 aromatic carbocycles. The van der Waals surface area contributed by atoms with Crippen molar-refractivity contribution in [3.8, 4) is 5.75 Å². The van der Waals surface area contributed by atoms with Crippen molar-refractivity contribution in [3.05, 3.63) is 34.9 Å². The summed E-state index contributed by atoms with van der Waals surface area (Å²) in [6.07, 6.45) is 2.53.